The minimum absolute atomic E-state index is 0.489. The second kappa shape index (κ2) is 6.34. The van der Waals surface area contributed by atoms with Crippen LogP contribution in [0.4, 0.5) is 0 Å². The molecule has 0 aromatic carbocycles. The highest BCUT2D eigenvalue weighted by molar-refractivity contribution is 6.16. The first-order valence-electron chi connectivity index (χ1n) is 6.70. The summed E-state index contributed by atoms with van der Waals surface area (Å²) in [5, 5.41) is 0. The molecule has 0 N–H and O–H groups in total. The van der Waals surface area contributed by atoms with E-state index in [-0.39, 0.29) is 0 Å². The third-order valence-electron chi connectivity index (χ3n) is 3.53. The van der Waals surface area contributed by atoms with Gasteiger partial charge in [-0.25, -0.2) is 9.97 Å². The molecule has 0 spiro atoms. The molecule has 2 nitrogen and oxygen atoms in total. The van der Waals surface area contributed by atoms with Gasteiger partial charge in [0, 0.05) is 11.6 Å². The van der Waals surface area contributed by atoms with Crippen LogP contribution in [0.2, 0.25) is 0 Å². The summed E-state index contributed by atoms with van der Waals surface area (Å²) in [5.74, 6) is 2.07. The second-order valence-corrected chi connectivity index (χ2v) is 5.30. The molecule has 0 amide bonds. The molecule has 94 valence electrons. The molecule has 0 radical (unpaired) electrons. The van der Waals surface area contributed by atoms with E-state index in [0.29, 0.717) is 11.8 Å². The molecule has 1 aromatic rings. The monoisotopic (exact) mass is 252 g/mol. The van der Waals surface area contributed by atoms with Crippen molar-refractivity contribution in [1.82, 2.24) is 9.97 Å². The van der Waals surface area contributed by atoms with Crippen LogP contribution in [0.1, 0.15) is 68.1 Å². The van der Waals surface area contributed by atoms with Crippen LogP contribution in [-0.2, 0) is 5.88 Å². The highest BCUT2D eigenvalue weighted by atomic mass is 35.5. The van der Waals surface area contributed by atoms with E-state index < -0.39 is 0 Å². The van der Waals surface area contributed by atoms with Crippen molar-refractivity contribution in [2.24, 2.45) is 0 Å². The molecular formula is C14H21ClN2. The lowest BCUT2D eigenvalue weighted by atomic mass is 9.90. The maximum absolute atomic E-state index is 5.88. The van der Waals surface area contributed by atoms with Crippen LogP contribution >= 0.6 is 11.6 Å². The summed E-state index contributed by atoms with van der Waals surface area (Å²) in [5.41, 5.74) is 2.02. The van der Waals surface area contributed by atoms with Crippen LogP contribution in [0.15, 0.2) is 6.07 Å². The van der Waals surface area contributed by atoms with Gasteiger partial charge in [-0.05, 0) is 25.8 Å². The van der Waals surface area contributed by atoms with Crippen LogP contribution < -0.4 is 0 Å². The number of alkyl halides is 1. The Balaban J connectivity index is 2.15. The first-order valence-corrected chi connectivity index (χ1v) is 7.23. The lowest BCUT2D eigenvalue weighted by Gasteiger charge is -2.19. The fraction of sp³-hybridized carbons (Fsp3) is 0.714. The van der Waals surface area contributed by atoms with Gasteiger partial charge in [-0.2, -0.15) is 0 Å². The molecule has 0 aliphatic heterocycles. The van der Waals surface area contributed by atoms with Crippen LogP contribution in [0.5, 0.6) is 0 Å². The Labute approximate surface area is 109 Å². The topological polar surface area (TPSA) is 25.8 Å². The Kier molecular flexibility index (Phi) is 4.78. The zero-order valence-corrected chi connectivity index (χ0v) is 11.3. The third-order valence-corrected chi connectivity index (χ3v) is 3.81. The molecule has 1 aliphatic rings. The van der Waals surface area contributed by atoms with Crippen LogP contribution in [0.25, 0.3) is 0 Å². The Hall–Kier alpha value is -0.630. The predicted octanol–water partition coefficient (Wildman–Crippen LogP) is 4.35. The van der Waals surface area contributed by atoms with Crippen molar-refractivity contribution in [1.29, 1.82) is 0 Å². The predicted molar refractivity (Wildman–Crippen MR) is 71.4 cm³/mol. The van der Waals surface area contributed by atoms with Crippen molar-refractivity contribution in [2.45, 2.75) is 63.7 Å². The Morgan fingerprint density at radius 2 is 1.76 bits per heavy atom. The summed E-state index contributed by atoms with van der Waals surface area (Å²) in [4.78, 5) is 9.21. The Bertz CT molecular complexity index is 357. The summed E-state index contributed by atoms with van der Waals surface area (Å²) < 4.78 is 0. The van der Waals surface area contributed by atoms with Crippen molar-refractivity contribution >= 4 is 11.6 Å². The maximum atomic E-state index is 5.88. The van der Waals surface area contributed by atoms with Gasteiger partial charge in [-0.15, -0.1) is 11.6 Å². The molecule has 1 aliphatic carbocycles. The van der Waals surface area contributed by atoms with Crippen LogP contribution in [0, 0.1) is 6.92 Å². The van der Waals surface area contributed by atoms with Crippen LogP contribution in [0.3, 0.4) is 0 Å². The standard InChI is InChI=1S/C14H21ClN2/c1-11-9-13(10-15)17-14(16-11)12-7-5-3-2-4-6-8-12/h9,12H,2-8,10H2,1H3. The Morgan fingerprint density at radius 3 is 2.41 bits per heavy atom. The van der Waals surface area contributed by atoms with Crippen molar-refractivity contribution in [2.75, 3.05) is 0 Å². The van der Waals surface area contributed by atoms with Gasteiger partial charge in [0.1, 0.15) is 5.82 Å². The summed E-state index contributed by atoms with van der Waals surface area (Å²) in [6.45, 7) is 2.03. The third kappa shape index (κ3) is 3.67. The van der Waals surface area contributed by atoms with Gasteiger partial charge in [0.15, 0.2) is 0 Å². The van der Waals surface area contributed by atoms with Crippen LogP contribution in [-0.4, -0.2) is 9.97 Å². The Morgan fingerprint density at radius 1 is 1.12 bits per heavy atom. The minimum atomic E-state index is 0.489. The van der Waals surface area contributed by atoms with Gasteiger partial charge in [0.05, 0.1) is 11.6 Å². The SMILES string of the molecule is Cc1cc(CCl)nc(C2CCCCCCC2)n1. The zero-order chi connectivity index (χ0) is 12.1. The second-order valence-electron chi connectivity index (χ2n) is 5.03. The van der Waals surface area contributed by atoms with Crippen molar-refractivity contribution < 1.29 is 0 Å². The number of aromatic nitrogens is 2. The largest absolute Gasteiger partial charge is 0.238 e. The molecule has 0 unspecified atom stereocenters. The fourth-order valence-corrected chi connectivity index (χ4v) is 2.76. The molecular weight excluding hydrogens is 232 g/mol. The average Bonchev–Trinajstić information content (AvgIpc) is 2.27. The zero-order valence-electron chi connectivity index (χ0n) is 10.6. The van der Waals surface area contributed by atoms with Gasteiger partial charge < -0.3 is 0 Å². The highest BCUT2D eigenvalue weighted by Crippen LogP contribution is 2.29. The molecule has 0 saturated heterocycles. The van der Waals surface area contributed by atoms with E-state index in [9.17, 15) is 0 Å². The molecule has 1 aromatic heterocycles. The van der Waals surface area contributed by atoms with Gasteiger partial charge >= 0.3 is 0 Å². The van der Waals surface area contributed by atoms with Gasteiger partial charge in [-0.3, -0.25) is 0 Å². The number of aryl methyl sites for hydroxylation is 1. The van der Waals surface area contributed by atoms with E-state index in [0.717, 1.165) is 17.2 Å². The fourth-order valence-electron chi connectivity index (χ4n) is 2.62. The maximum Gasteiger partial charge on any atom is 0.131 e. The molecule has 0 bridgehead atoms. The first-order chi connectivity index (χ1) is 8.29. The lowest BCUT2D eigenvalue weighted by Crippen LogP contribution is -2.09. The molecule has 1 fully saturated rings. The summed E-state index contributed by atoms with van der Waals surface area (Å²) >= 11 is 5.88. The molecule has 2 rings (SSSR count). The van der Waals surface area contributed by atoms with E-state index in [1.54, 1.807) is 0 Å². The van der Waals surface area contributed by atoms with Crippen molar-refractivity contribution in [3.8, 4) is 0 Å². The number of rotatable bonds is 2. The summed E-state index contributed by atoms with van der Waals surface area (Å²) in [6.07, 6.45) is 9.25. The number of nitrogens with zero attached hydrogens (tertiary/aromatic N) is 2. The average molecular weight is 253 g/mol. The normalized spacial score (nSPS) is 18.7. The van der Waals surface area contributed by atoms with Gasteiger partial charge in [0.2, 0.25) is 0 Å². The molecule has 17 heavy (non-hydrogen) atoms. The lowest BCUT2D eigenvalue weighted by molar-refractivity contribution is 0.441. The number of hydrogen-bond acceptors (Lipinski definition) is 2. The quantitative estimate of drug-likeness (QED) is 0.732. The number of halogens is 1. The van der Waals surface area contributed by atoms with E-state index in [2.05, 4.69) is 9.97 Å². The minimum Gasteiger partial charge on any atom is -0.238 e. The molecule has 1 heterocycles. The molecule has 3 heteroatoms. The number of hydrogen-bond donors (Lipinski definition) is 0. The van der Waals surface area contributed by atoms with E-state index in [4.69, 9.17) is 11.6 Å². The van der Waals surface area contributed by atoms with E-state index >= 15 is 0 Å². The molecule has 0 atom stereocenters. The highest BCUT2D eigenvalue weighted by Gasteiger charge is 2.17. The van der Waals surface area contributed by atoms with Gasteiger partial charge in [0.25, 0.3) is 0 Å². The smallest absolute Gasteiger partial charge is 0.131 e. The van der Waals surface area contributed by atoms with E-state index in [1.807, 2.05) is 13.0 Å². The van der Waals surface area contributed by atoms with Crippen molar-refractivity contribution in [3.05, 3.63) is 23.3 Å². The summed E-state index contributed by atoms with van der Waals surface area (Å²) in [7, 11) is 0. The first kappa shape index (κ1) is 12.8. The van der Waals surface area contributed by atoms with Crippen molar-refractivity contribution in [3.63, 3.8) is 0 Å². The molecule has 1 saturated carbocycles. The van der Waals surface area contributed by atoms with Gasteiger partial charge in [-0.1, -0.05) is 32.1 Å². The summed E-state index contributed by atoms with van der Waals surface area (Å²) in [6, 6.07) is 1.99. The van der Waals surface area contributed by atoms with E-state index in [1.165, 1.54) is 44.9 Å².